The molecule has 2 unspecified atom stereocenters. The molecule has 2 heterocycles. The first-order valence-corrected chi connectivity index (χ1v) is 7.44. The first kappa shape index (κ1) is 13.7. The van der Waals surface area contributed by atoms with Crippen LogP contribution >= 0.6 is 0 Å². The molecule has 2 saturated heterocycles. The van der Waals surface area contributed by atoms with Crippen LogP contribution in [0.5, 0.6) is 0 Å². The van der Waals surface area contributed by atoms with E-state index in [1.807, 2.05) is 30.3 Å². The topological polar surface area (TPSA) is 57.2 Å². The summed E-state index contributed by atoms with van der Waals surface area (Å²) in [6, 6.07) is 9.92. The van der Waals surface area contributed by atoms with Gasteiger partial charge in [-0.15, -0.1) is 0 Å². The third kappa shape index (κ3) is 2.20. The molecule has 1 aromatic rings. The second-order valence-electron chi connectivity index (χ2n) is 5.96. The van der Waals surface area contributed by atoms with Crippen molar-refractivity contribution >= 4 is 0 Å². The Morgan fingerprint density at radius 2 is 2.00 bits per heavy atom. The summed E-state index contributed by atoms with van der Waals surface area (Å²) in [5.41, 5.74) is 1.02. The monoisotopic (exact) mass is 292 g/mol. The Bertz CT molecular complexity index is 493. The maximum Gasteiger partial charge on any atom is 0.184 e. The van der Waals surface area contributed by atoms with Crippen LogP contribution < -0.4 is 0 Å². The first-order chi connectivity index (χ1) is 10.3. The Balaban J connectivity index is 1.52. The zero-order valence-electron chi connectivity index (χ0n) is 11.9. The average molecular weight is 292 g/mol. The smallest absolute Gasteiger partial charge is 0.184 e. The number of hydrogen-bond donors (Lipinski definition) is 1. The van der Waals surface area contributed by atoms with Gasteiger partial charge in [-0.1, -0.05) is 30.3 Å². The summed E-state index contributed by atoms with van der Waals surface area (Å²) >= 11 is 0. The van der Waals surface area contributed by atoms with Crippen LogP contribution in [0.4, 0.5) is 0 Å². The van der Waals surface area contributed by atoms with Gasteiger partial charge in [-0.2, -0.15) is 0 Å². The summed E-state index contributed by atoms with van der Waals surface area (Å²) in [7, 11) is 1.64. The number of hydrogen-bond acceptors (Lipinski definition) is 5. The molecular formula is C16H20O5. The molecule has 0 bridgehead atoms. The Morgan fingerprint density at radius 1 is 1.19 bits per heavy atom. The fraction of sp³-hybridized carbons (Fsp3) is 0.625. The highest BCUT2D eigenvalue weighted by Crippen LogP contribution is 2.57. The van der Waals surface area contributed by atoms with Gasteiger partial charge in [0, 0.05) is 31.1 Å². The van der Waals surface area contributed by atoms with Crippen molar-refractivity contribution in [3.05, 3.63) is 35.9 Å². The van der Waals surface area contributed by atoms with E-state index in [2.05, 4.69) is 0 Å². The van der Waals surface area contributed by atoms with Crippen molar-refractivity contribution in [3.8, 4) is 0 Å². The van der Waals surface area contributed by atoms with Crippen molar-refractivity contribution in [2.24, 2.45) is 17.8 Å². The molecule has 0 spiro atoms. The van der Waals surface area contributed by atoms with Crippen molar-refractivity contribution in [2.75, 3.05) is 20.3 Å². The first-order valence-electron chi connectivity index (χ1n) is 7.44. The summed E-state index contributed by atoms with van der Waals surface area (Å²) < 4.78 is 23.3. The molecular weight excluding hydrogens is 272 g/mol. The summed E-state index contributed by atoms with van der Waals surface area (Å²) in [6.07, 6.45) is -0.755. The molecule has 3 aliphatic rings. The summed E-state index contributed by atoms with van der Waals surface area (Å²) in [6.45, 7) is 0.646. The van der Waals surface area contributed by atoms with Crippen LogP contribution in [-0.2, 0) is 18.9 Å². The molecule has 21 heavy (non-hydrogen) atoms. The van der Waals surface area contributed by atoms with Gasteiger partial charge in [0.25, 0.3) is 0 Å². The van der Waals surface area contributed by atoms with E-state index in [-0.39, 0.29) is 43.2 Å². The van der Waals surface area contributed by atoms with Crippen molar-refractivity contribution in [2.45, 2.75) is 24.8 Å². The van der Waals surface area contributed by atoms with Crippen LogP contribution in [0.2, 0.25) is 0 Å². The van der Waals surface area contributed by atoms with Crippen LogP contribution in [0.25, 0.3) is 0 Å². The van der Waals surface area contributed by atoms with Crippen molar-refractivity contribution in [1.29, 1.82) is 0 Å². The number of ether oxygens (including phenoxy) is 4. The van der Waals surface area contributed by atoms with E-state index in [0.717, 1.165) is 5.56 Å². The molecule has 1 N–H and O–H groups in total. The van der Waals surface area contributed by atoms with E-state index in [4.69, 9.17) is 18.9 Å². The molecule has 1 aliphatic carbocycles. The lowest BCUT2D eigenvalue weighted by Crippen LogP contribution is -2.49. The number of benzene rings is 1. The number of methoxy groups -OCH3 is 1. The molecule has 7 atom stereocenters. The highest BCUT2D eigenvalue weighted by atomic mass is 16.7. The van der Waals surface area contributed by atoms with E-state index in [0.29, 0.717) is 12.5 Å². The number of aliphatic hydroxyl groups is 1. The molecule has 1 saturated carbocycles. The number of fused-ring (bicyclic) bond motifs is 3. The Labute approximate surface area is 123 Å². The van der Waals surface area contributed by atoms with Gasteiger partial charge in [0.05, 0.1) is 12.7 Å². The van der Waals surface area contributed by atoms with Crippen LogP contribution in [0.1, 0.15) is 11.9 Å². The second-order valence-corrected chi connectivity index (χ2v) is 5.96. The van der Waals surface area contributed by atoms with E-state index in [1.165, 1.54) is 0 Å². The second kappa shape index (κ2) is 5.34. The molecule has 4 rings (SSSR count). The van der Waals surface area contributed by atoms with Crippen molar-refractivity contribution < 1.29 is 24.1 Å². The predicted octanol–water partition coefficient (Wildman–Crippen LogP) is 1.33. The predicted molar refractivity (Wildman–Crippen MR) is 73.2 cm³/mol. The highest BCUT2D eigenvalue weighted by molar-refractivity contribution is 5.17. The zero-order chi connectivity index (χ0) is 14.4. The van der Waals surface area contributed by atoms with Crippen molar-refractivity contribution in [3.63, 3.8) is 0 Å². The molecule has 0 aromatic heterocycles. The Hall–Kier alpha value is -0.980. The molecule has 5 heteroatoms. The van der Waals surface area contributed by atoms with Gasteiger partial charge in [0.15, 0.2) is 12.6 Å². The average Bonchev–Trinajstić information content (AvgIpc) is 3.29. The highest BCUT2D eigenvalue weighted by Gasteiger charge is 2.65. The van der Waals surface area contributed by atoms with Crippen LogP contribution in [-0.4, -0.2) is 43.9 Å². The fourth-order valence-corrected chi connectivity index (χ4v) is 3.78. The van der Waals surface area contributed by atoms with E-state index in [1.54, 1.807) is 7.11 Å². The van der Waals surface area contributed by atoms with Gasteiger partial charge in [0.1, 0.15) is 6.10 Å². The largest absolute Gasteiger partial charge is 0.396 e. The van der Waals surface area contributed by atoms with Crippen molar-refractivity contribution in [1.82, 2.24) is 0 Å². The van der Waals surface area contributed by atoms with Gasteiger partial charge in [-0.25, -0.2) is 0 Å². The quantitative estimate of drug-likeness (QED) is 0.911. The van der Waals surface area contributed by atoms with Crippen LogP contribution in [0.3, 0.4) is 0 Å². The molecule has 1 aromatic carbocycles. The summed E-state index contributed by atoms with van der Waals surface area (Å²) in [5.74, 6) is 0.740. The van der Waals surface area contributed by atoms with E-state index >= 15 is 0 Å². The van der Waals surface area contributed by atoms with Gasteiger partial charge in [-0.05, 0) is 5.92 Å². The van der Waals surface area contributed by atoms with Crippen LogP contribution in [0, 0.1) is 17.8 Å². The molecule has 0 amide bonds. The SMILES string of the molecule is CO[C@H]1O[C@@H]2COC(c3ccccc3)O[C@H]2[C@@H]2C(CO)[C@H]12. The molecule has 5 nitrogen and oxygen atoms in total. The maximum absolute atomic E-state index is 9.53. The zero-order valence-corrected chi connectivity index (χ0v) is 11.9. The van der Waals surface area contributed by atoms with Gasteiger partial charge < -0.3 is 24.1 Å². The summed E-state index contributed by atoms with van der Waals surface area (Å²) in [4.78, 5) is 0. The van der Waals surface area contributed by atoms with Crippen LogP contribution in [0.15, 0.2) is 30.3 Å². The third-order valence-corrected chi connectivity index (χ3v) is 4.87. The summed E-state index contributed by atoms with van der Waals surface area (Å²) in [5, 5.41) is 9.53. The molecule has 114 valence electrons. The fourth-order valence-electron chi connectivity index (χ4n) is 3.78. The lowest BCUT2D eigenvalue weighted by molar-refractivity contribution is -0.316. The minimum Gasteiger partial charge on any atom is -0.396 e. The molecule has 2 aliphatic heterocycles. The number of aliphatic hydroxyl groups excluding tert-OH is 1. The lowest BCUT2D eigenvalue weighted by atomic mass is 10.0. The molecule has 0 radical (unpaired) electrons. The normalized spacial score (nSPS) is 44.8. The Kier molecular flexibility index (Phi) is 3.47. The maximum atomic E-state index is 9.53. The molecule has 3 fully saturated rings. The standard InChI is InChI=1S/C16H20O5/c1-18-16-13-10(7-17)12(13)14-11(20-16)8-19-15(21-14)9-5-3-2-4-6-9/h2-6,10-17H,7-8H2,1H3/t10?,11-,12-,13+,14-,15?,16+/m1/s1. The third-order valence-electron chi connectivity index (χ3n) is 4.87. The number of rotatable bonds is 3. The van der Waals surface area contributed by atoms with Gasteiger partial charge in [-0.3, -0.25) is 0 Å². The minimum atomic E-state index is -0.351. The van der Waals surface area contributed by atoms with E-state index < -0.39 is 0 Å². The minimum absolute atomic E-state index is 0.0301. The lowest BCUT2D eigenvalue weighted by Gasteiger charge is -2.41. The van der Waals surface area contributed by atoms with Gasteiger partial charge in [0.2, 0.25) is 0 Å². The van der Waals surface area contributed by atoms with E-state index in [9.17, 15) is 5.11 Å². The van der Waals surface area contributed by atoms with Gasteiger partial charge >= 0.3 is 0 Å². The Morgan fingerprint density at radius 3 is 2.71 bits per heavy atom.